The van der Waals surface area contributed by atoms with Crippen LogP contribution in [0, 0.1) is 34.5 Å². The van der Waals surface area contributed by atoms with Gasteiger partial charge < -0.3 is 15.3 Å². The molecule has 3 N–H and O–H groups in total. The number of fused-ring (bicyclic) bond motifs is 5. The normalized spacial score (nSPS) is 58.2. The molecule has 0 saturated heterocycles. The number of Topliss-reactive ketones (excluding diaryl/α,β-unsaturated/α-hetero) is 1. The van der Waals surface area contributed by atoms with Crippen LogP contribution in [0.2, 0.25) is 0 Å². The van der Waals surface area contributed by atoms with Gasteiger partial charge in [0.1, 0.15) is 5.60 Å². The topological polar surface area (TPSA) is 77.8 Å². The number of hydrogen-bond acceptors (Lipinski definition) is 4. The first kappa shape index (κ1) is 17.9. The maximum atomic E-state index is 12.3. The number of carbonyl (C=O) groups is 1. The Morgan fingerprint density at radius 2 is 1.76 bits per heavy atom. The van der Waals surface area contributed by atoms with E-state index >= 15 is 0 Å². The maximum Gasteiger partial charge on any atom is 0.161 e. The Morgan fingerprint density at radius 3 is 2.44 bits per heavy atom. The van der Waals surface area contributed by atoms with Crippen molar-refractivity contribution in [1.29, 1.82) is 0 Å². The minimum Gasteiger partial charge on any atom is -0.393 e. The third kappa shape index (κ3) is 2.20. The molecule has 0 aromatic rings. The molecular weight excluding hydrogens is 316 g/mol. The minimum absolute atomic E-state index is 0.0832. The van der Waals surface area contributed by atoms with Gasteiger partial charge in [0.15, 0.2) is 5.78 Å². The van der Waals surface area contributed by atoms with Gasteiger partial charge in [-0.25, -0.2) is 0 Å². The maximum absolute atomic E-state index is 12.3. The van der Waals surface area contributed by atoms with Crippen molar-refractivity contribution in [3.8, 4) is 0 Å². The molecule has 4 aliphatic rings. The average Bonchev–Trinajstić information content (AvgIpc) is 2.80. The highest BCUT2D eigenvalue weighted by Crippen LogP contribution is 2.68. The molecule has 0 unspecified atom stereocenters. The SMILES string of the molecule is CC(=O)[C@@]1(O)CC[C@H]2[C@@H]3CC[C@@H]4C[C@H](O)CC[C@]4(C)[C@H]3[C@@H](O)C[C@@]21C. The van der Waals surface area contributed by atoms with E-state index in [1.54, 1.807) is 0 Å². The molecule has 4 rings (SSSR count). The van der Waals surface area contributed by atoms with Crippen molar-refractivity contribution < 1.29 is 20.1 Å². The van der Waals surface area contributed by atoms with E-state index in [4.69, 9.17) is 0 Å². The van der Waals surface area contributed by atoms with E-state index in [1.165, 1.54) is 6.92 Å². The number of carbonyl (C=O) groups excluding carboxylic acids is 1. The molecule has 0 aliphatic heterocycles. The van der Waals surface area contributed by atoms with Crippen molar-refractivity contribution in [1.82, 2.24) is 0 Å². The molecule has 9 atom stereocenters. The molecular formula is C21H34O4. The Labute approximate surface area is 151 Å². The molecule has 0 radical (unpaired) electrons. The zero-order valence-corrected chi connectivity index (χ0v) is 15.9. The van der Waals surface area contributed by atoms with Crippen LogP contribution in [-0.2, 0) is 4.79 Å². The number of rotatable bonds is 1. The first-order chi connectivity index (χ1) is 11.6. The van der Waals surface area contributed by atoms with E-state index in [-0.39, 0.29) is 23.2 Å². The van der Waals surface area contributed by atoms with E-state index in [2.05, 4.69) is 6.92 Å². The van der Waals surface area contributed by atoms with Crippen LogP contribution in [0.1, 0.15) is 72.1 Å². The number of aliphatic hydroxyl groups excluding tert-OH is 2. The van der Waals surface area contributed by atoms with Crippen molar-refractivity contribution >= 4 is 5.78 Å². The molecule has 4 aliphatic carbocycles. The molecule has 4 saturated carbocycles. The molecule has 142 valence electrons. The molecule has 25 heavy (non-hydrogen) atoms. The summed E-state index contributed by atoms with van der Waals surface area (Å²) in [6.07, 6.45) is 6.16. The van der Waals surface area contributed by atoms with E-state index in [0.717, 1.165) is 38.5 Å². The molecule has 0 spiro atoms. The van der Waals surface area contributed by atoms with Crippen molar-refractivity contribution in [2.24, 2.45) is 34.5 Å². The van der Waals surface area contributed by atoms with Crippen LogP contribution in [0.5, 0.6) is 0 Å². The zero-order chi connectivity index (χ0) is 18.2. The molecule has 4 fully saturated rings. The van der Waals surface area contributed by atoms with Gasteiger partial charge in [-0.2, -0.15) is 0 Å². The summed E-state index contributed by atoms with van der Waals surface area (Å²) in [5.74, 6) is 1.30. The predicted molar refractivity (Wildman–Crippen MR) is 94.8 cm³/mol. The Hall–Kier alpha value is -0.450. The smallest absolute Gasteiger partial charge is 0.161 e. The second kappa shape index (κ2) is 5.53. The highest BCUT2D eigenvalue weighted by molar-refractivity contribution is 5.86. The van der Waals surface area contributed by atoms with Crippen LogP contribution in [0.15, 0.2) is 0 Å². The number of ketones is 1. The van der Waals surface area contributed by atoms with Gasteiger partial charge in [0.05, 0.1) is 12.2 Å². The summed E-state index contributed by atoms with van der Waals surface area (Å²) in [4.78, 5) is 12.3. The van der Waals surface area contributed by atoms with Gasteiger partial charge >= 0.3 is 0 Å². The van der Waals surface area contributed by atoms with Crippen molar-refractivity contribution in [2.45, 2.75) is 89.9 Å². The zero-order valence-electron chi connectivity index (χ0n) is 15.9. The molecule has 0 aromatic carbocycles. The van der Waals surface area contributed by atoms with E-state index in [0.29, 0.717) is 30.6 Å². The summed E-state index contributed by atoms with van der Waals surface area (Å²) >= 11 is 0. The Bertz CT molecular complexity index is 576. The molecule has 0 amide bonds. The lowest BCUT2D eigenvalue weighted by Gasteiger charge is -2.62. The lowest BCUT2D eigenvalue weighted by atomic mass is 9.43. The molecule has 0 aromatic heterocycles. The van der Waals surface area contributed by atoms with Gasteiger partial charge in [0, 0.05) is 5.41 Å². The quantitative estimate of drug-likeness (QED) is 0.679. The molecule has 4 nitrogen and oxygen atoms in total. The third-order valence-electron chi connectivity index (χ3n) is 9.30. The Morgan fingerprint density at radius 1 is 1.04 bits per heavy atom. The second-order valence-corrected chi connectivity index (χ2v) is 10.1. The van der Waals surface area contributed by atoms with Gasteiger partial charge in [0.2, 0.25) is 0 Å². The fourth-order valence-electron chi connectivity index (χ4n) is 7.94. The fourth-order valence-corrected chi connectivity index (χ4v) is 7.94. The van der Waals surface area contributed by atoms with Crippen molar-refractivity contribution in [3.63, 3.8) is 0 Å². The standard InChI is InChI=1S/C21H34O4/c1-12(22)21(25)9-7-16-15-5-4-13-10-14(23)6-8-19(13,2)18(15)17(24)11-20(16,21)3/h13-18,23-25H,4-11H2,1-3H3/t13-,14-,15+,16+,17+,18-,19+,20+,21+/m1/s1. The molecule has 0 bridgehead atoms. The summed E-state index contributed by atoms with van der Waals surface area (Å²) in [5, 5.41) is 32.5. The molecule has 4 heteroatoms. The van der Waals surface area contributed by atoms with Gasteiger partial charge in [-0.1, -0.05) is 13.8 Å². The van der Waals surface area contributed by atoms with Crippen LogP contribution in [0.25, 0.3) is 0 Å². The minimum atomic E-state index is -1.27. The van der Waals surface area contributed by atoms with Crippen molar-refractivity contribution in [3.05, 3.63) is 0 Å². The van der Waals surface area contributed by atoms with Crippen LogP contribution in [0.4, 0.5) is 0 Å². The van der Waals surface area contributed by atoms with Gasteiger partial charge in [-0.15, -0.1) is 0 Å². The van der Waals surface area contributed by atoms with Crippen LogP contribution in [-0.4, -0.2) is 38.9 Å². The van der Waals surface area contributed by atoms with Crippen molar-refractivity contribution in [2.75, 3.05) is 0 Å². The van der Waals surface area contributed by atoms with Gasteiger partial charge in [-0.05, 0) is 87.4 Å². The first-order valence-electron chi connectivity index (χ1n) is 10.2. The van der Waals surface area contributed by atoms with Gasteiger partial charge in [-0.3, -0.25) is 4.79 Å². The lowest BCUT2D eigenvalue weighted by Crippen LogP contribution is -2.62. The van der Waals surface area contributed by atoms with E-state index in [9.17, 15) is 20.1 Å². The Kier molecular flexibility index (Phi) is 3.97. The molecule has 0 heterocycles. The summed E-state index contributed by atoms with van der Waals surface area (Å²) in [6.45, 7) is 5.88. The van der Waals surface area contributed by atoms with Crippen LogP contribution >= 0.6 is 0 Å². The average molecular weight is 350 g/mol. The predicted octanol–water partition coefficient (Wildman–Crippen LogP) is 2.68. The second-order valence-electron chi connectivity index (χ2n) is 10.1. The van der Waals surface area contributed by atoms with Crippen LogP contribution < -0.4 is 0 Å². The van der Waals surface area contributed by atoms with Gasteiger partial charge in [0.25, 0.3) is 0 Å². The Balaban J connectivity index is 1.70. The largest absolute Gasteiger partial charge is 0.393 e. The number of aliphatic hydroxyl groups is 3. The third-order valence-corrected chi connectivity index (χ3v) is 9.30. The first-order valence-corrected chi connectivity index (χ1v) is 10.2. The monoisotopic (exact) mass is 350 g/mol. The lowest BCUT2D eigenvalue weighted by molar-refractivity contribution is -0.201. The highest BCUT2D eigenvalue weighted by Gasteiger charge is 2.68. The van der Waals surface area contributed by atoms with E-state index < -0.39 is 17.1 Å². The summed E-state index contributed by atoms with van der Waals surface area (Å²) in [7, 11) is 0. The van der Waals surface area contributed by atoms with E-state index in [1.807, 2.05) is 6.92 Å². The summed E-state index contributed by atoms with van der Waals surface area (Å²) < 4.78 is 0. The summed E-state index contributed by atoms with van der Waals surface area (Å²) in [5.41, 5.74) is -1.69. The number of hydrogen-bond donors (Lipinski definition) is 3. The van der Waals surface area contributed by atoms with Crippen LogP contribution in [0.3, 0.4) is 0 Å². The fraction of sp³-hybridized carbons (Fsp3) is 0.952. The summed E-state index contributed by atoms with van der Waals surface area (Å²) in [6, 6.07) is 0. The highest BCUT2D eigenvalue weighted by atomic mass is 16.3.